The monoisotopic (exact) mass is 300 g/mol. The van der Waals surface area contributed by atoms with E-state index < -0.39 is 0 Å². The van der Waals surface area contributed by atoms with Crippen molar-refractivity contribution in [2.45, 2.75) is 44.2 Å². The Balaban J connectivity index is 1.53. The minimum absolute atomic E-state index is 0.112. The maximum absolute atomic E-state index is 12.1. The van der Waals surface area contributed by atoms with Crippen LogP contribution in [0.2, 0.25) is 0 Å². The number of nitrogens with zero attached hydrogens (tertiary/aromatic N) is 1. The van der Waals surface area contributed by atoms with E-state index in [0.29, 0.717) is 19.3 Å². The molecule has 116 valence electrons. The van der Waals surface area contributed by atoms with E-state index in [-0.39, 0.29) is 23.8 Å². The molecule has 0 bridgehead atoms. The topological polar surface area (TPSA) is 82.6 Å². The van der Waals surface area contributed by atoms with E-state index in [9.17, 15) is 9.59 Å². The molecule has 1 aromatic rings. The van der Waals surface area contributed by atoms with Crippen LogP contribution in [-0.4, -0.2) is 23.4 Å². The van der Waals surface area contributed by atoms with Crippen LogP contribution in [0.5, 0.6) is 0 Å². The van der Waals surface area contributed by atoms with Crippen molar-refractivity contribution < 1.29 is 9.59 Å². The van der Waals surface area contributed by atoms with E-state index in [1.54, 1.807) is 0 Å². The van der Waals surface area contributed by atoms with Gasteiger partial charge in [0.25, 0.3) is 5.91 Å². The third-order valence-corrected chi connectivity index (χ3v) is 4.07. The maximum Gasteiger partial charge on any atom is 0.258 e. The highest BCUT2D eigenvalue weighted by molar-refractivity contribution is 6.04. The number of nitrogens with one attached hydrogen (secondary N) is 3. The van der Waals surface area contributed by atoms with Gasteiger partial charge in [0.1, 0.15) is 11.8 Å². The number of benzene rings is 1. The molecule has 1 heterocycles. The molecule has 0 radical (unpaired) electrons. The lowest BCUT2D eigenvalue weighted by Crippen LogP contribution is -2.41. The van der Waals surface area contributed by atoms with Crippen LogP contribution in [0, 0.1) is 0 Å². The summed E-state index contributed by atoms with van der Waals surface area (Å²) in [5.41, 5.74) is 10.6. The van der Waals surface area contributed by atoms with Gasteiger partial charge in [-0.1, -0.05) is 30.3 Å². The average Bonchev–Trinajstić information content (AvgIpc) is 3.04. The summed E-state index contributed by atoms with van der Waals surface area (Å²) in [7, 11) is 0. The standard InChI is InChI=1S/C16H20N4O2/c21-13-8-4-7-12(9-13)17-20-16(22)15-10-14(18-19-15)11-5-2-1-3-6-11/h1-3,5-6,14-15,18-19H,4,7-10H2,(H,20,22)/b17-12-. The number of rotatable bonds is 3. The SMILES string of the molecule is O=C1CCC/C(=N/NC(=O)C2CC(c3ccccc3)NN2)C1. The summed E-state index contributed by atoms with van der Waals surface area (Å²) >= 11 is 0. The molecule has 1 saturated heterocycles. The first kappa shape index (κ1) is 14.9. The van der Waals surface area contributed by atoms with Gasteiger partial charge in [0.05, 0.1) is 0 Å². The quantitative estimate of drug-likeness (QED) is 0.733. The molecule has 2 aliphatic rings. The molecule has 6 nitrogen and oxygen atoms in total. The summed E-state index contributed by atoms with van der Waals surface area (Å²) in [6, 6.07) is 9.79. The van der Waals surface area contributed by atoms with Crippen LogP contribution in [0.15, 0.2) is 35.4 Å². The van der Waals surface area contributed by atoms with Gasteiger partial charge in [-0.25, -0.2) is 16.3 Å². The predicted octanol–water partition coefficient (Wildman–Crippen LogP) is 1.21. The van der Waals surface area contributed by atoms with Crippen molar-refractivity contribution in [1.82, 2.24) is 16.3 Å². The molecule has 6 heteroatoms. The molecule has 0 spiro atoms. The lowest BCUT2D eigenvalue weighted by molar-refractivity contribution is -0.123. The lowest BCUT2D eigenvalue weighted by atomic mass is 9.97. The number of carbonyl (C=O) groups excluding carboxylic acids is 2. The van der Waals surface area contributed by atoms with Gasteiger partial charge < -0.3 is 0 Å². The van der Waals surface area contributed by atoms with E-state index in [4.69, 9.17) is 0 Å². The first-order valence-corrected chi connectivity index (χ1v) is 7.65. The molecular weight excluding hydrogens is 280 g/mol. The molecular formula is C16H20N4O2. The lowest BCUT2D eigenvalue weighted by Gasteiger charge is -2.12. The Bertz CT molecular complexity index is 585. The number of ketones is 1. The zero-order chi connectivity index (χ0) is 15.4. The Labute approximate surface area is 129 Å². The first-order chi connectivity index (χ1) is 10.7. The van der Waals surface area contributed by atoms with Gasteiger partial charge in [0.2, 0.25) is 0 Å². The molecule has 3 N–H and O–H groups in total. The highest BCUT2D eigenvalue weighted by Gasteiger charge is 2.30. The fourth-order valence-corrected chi connectivity index (χ4v) is 2.83. The van der Waals surface area contributed by atoms with Gasteiger partial charge in [-0.3, -0.25) is 9.59 Å². The number of carbonyl (C=O) groups is 2. The number of hydrazone groups is 1. The van der Waals surface area contributed by atoms with Gasteiger partial charge in [0.15, 0.2) is 0 Å². The van der Waals surface area contributed by atoms with Gasteiger partial charge >= 0.3 is 0 Å². The largest absolute Gasteiger partial charge is 0.299 e. The van der Waals surface area contributed by atoms with Crippen LogP contribution >= 0.6 is 0 Å². The van der Waals surface area contributed by atoms with Crippen molar-refractivity contribution in [3.8, 4) is 0 Å². The average molecular weight is 300 g/mol. The second-order valence-electron chi connectivity index (χ2n) is 5.76. The number of hydrazine groups is 1. The third kappa shape index (κ3) is 3.58. The summed E-state index contributed by atoms with van der Waals surface area (Å²) in [5, 5.41) is 4.10. The van der Waals surface area contributed by atoms with Crippen LogP contribution in [0.25, 0.3) is 0 Å². The molecule has 0 aromatic heterocycles. The summed E-state index contributed by atoms with van der Waals surface area (Å²) in [5.74, 6) is 0.0282. The van der Waals surface area contributed by atoms with Crippen LogP contribution in [0.3, 0.4) is 0 Å². The van der Waals surface area contributed by atoms with Crippen LogP contribution in [0.1, 0.15) is 43.7 Å². The molecule has 1 amide bonds. The van der Waals surface area contributed by atoms with Crippen molar-refractivity contribution in [3.63, 3.8) is 0 Å². The summed E-state index contributed by atoms with van der Waals surface area (Å²) in [6.07, 6.45) is 3.27. The van der Waals surface area contributed by atoms with Gasteiger partial charge in [-0.15, -0.1) is 0 Å². The molecule has 1 saturated carbocycles. The van der Waals surface area contributed by atoms with Crippen molar-refractivity contribution in [2.24, 2.45) is 5.10 Å². The summed E-state index contributed by atoms with van der Waals surface area (Å²) in [6.45, 7) is 0. The van der Waals surface area contributed by atoms with Gasteiger partial charge in [0, 0.05) is 24.6 Å². The van der Waals surface area contributed by atoms with Crippen LogP contribution in [-0.2, 0) is 9.59 Å². The minimum atomic E-state index is -0.325. The van der Waals surface area contributed by atoms with Gasteiger partial charge in [-0.2, -0.15) is 5.10 Å². The highest BCUT2D eigenvalue weighted by Crippen LogP contribution is 2.21. The highest BCUT2D eigenvalue weighted by atomic mass is 16.2. The Morgan fingerprint density at radius 2 is 2.00 bits per heavy atom. The zero-order valence-electron chi connectivity index (χ0n) is 12.3. The molecule has 1 aliphatic carbocycles. The Hall–Kier alpha value is -2.05. The van der Waals surface area contributed by atoms with E-state index in [1.807, 2.05) is 30.3 Å². The normalized spacial score (nSPS) is 27.1. The molecule has 1 aliphatic heterocycles. The molecule has 22 heavy (non-hydrogen) atoms. The second-order valence-corrected chi connectivity index (χ2v) is 5.76. The molecule has 1 aromatic carbocycles. The number of hydrogen-bond acceptors (Lipinski definition) is 5. The summed E-state index contributed by atoms with van der Waals surface area (Å²) < 4.78 is 0. The Morgan fingerprint density at radius 1 is 1.18 bits per heavy atom. The van der Waals surface area contributed by atoms with Gasteiger partial charge in [-0.05, 0) is 24.8 Å². The van der Waals surface area contributed by atoms with E-state index in [1.165, 1.54) is 0 Å². The van der Waals surface area contributed by atoms with Crippen molar-refractivity contribution in [2.75, 3.05) is 0 Å². The van der Waals surface area contributed by atoms with E-state index in [2.05, 4.69) is 21.4 Å². The molecule has 2 unspecified atom stereocenters. The van der Waals surface area contributed by atoms with Crippen LogP contribution < -0.4 is 16.3 Å². The van der Waals surface area contributed by atoms with E-state index >= 15 is 0 Å². The number of Topliss-reactive ketones (excluding diaryl/α,β-unsaturated/α-hetero) is 1. The molecule has 3 rings (SSSR count). The predicted molar refractivity (Wildman–Crippen MR) is 82.9 cm³/mol. The van der Waals surface area contributed by atoms with Crippen molar-refractivity contribution >= 4 is 17.4 Å². The number of hydrogen-bond donors (Lipinski definition) is 3. The molecule has 2 fully saturated rings. The minimum Gasteiger partial charge on any atom is -0.299 e. The smallest absolute Gasteiger partial charge is 0.258 e. The molecule has 2 atom stereocenters. The third-order valence-electron chi connectivity index (χ3n) is 4.07. The Morgan fingerprint density at radius 3 is 2.77 bits per heavy atom. The van der Waals surface area contributed by atoms with Crippen molar-refractivity contribution in [3.05, 3.63) is 35.9 Å². The van der Waals surface area contributed by atoms with Crippen molar-refractivity contribution in [1.29, 1.82) is 0 Å². The summed E-state index contributed by atoms with van der Waals surface area (Å²) in [4.78, 5) is 23.5. The van der Waals surface area contributed by atoms with E-state index in [0.717, 1.165) is 24.1 Å². The first-order valence-electron chi connectivity index (χ1n) is 7.65. The zero-order valence-corrected chi connectivity index (χ0v) is 12.3. The fourth-order valence-electron chi connectivity index (χ4n) is 2.83. The Kier molecular flexibility index (Phi) is 4.60. The maximum atomic E-state index is 12.1. The second kappa shape index (κ2) is 6.81. The van der Waals surface area contributed by atoms with Crippen LogP contribution in [0.4, 0.5) is 0 Å². The fraction of sp³-hybridized carbons (Fsp3) is 0.438. The number of amides is 1.